The number of nitrogens with zero attached hydrogens (tertiary/aromatic N) is 4. The van der Waals surface area contributed by atoms with Crippen molar-refractivity contribution in [1.82, 2.24) is 29.6 Å². The Labute approximate surface area is 269 Å². The number of aromatic nitrogens is 2. The van der Waals surface area contributed by atoms with Gasteiger partial charge in [-0.05, 0) is 133 Å². The quantitative estimate of drug-likeness (QED) is 0.302. The Bertz CT molecular complexity index is 1450. The second-order valence-electron chi connectivity index (χ2n) is 12.4. The molecule has 2 amide bonds. The number of amides is 2. The van der Waals surface area contributed by atoms with Gasteiger partial charge in [0.15, 0.2) is 0 Å². The fourth-order valence-corrected chi connectivity index (χ4v) is 8.55. The van der Waals surface area contributed by atoms with E-state index in [1.807, 2.05) is 45.9 Å². The van der Waals surface area contributed by atoms with Crippen molar-refractivity contribution in [3.63, 3.8) is 0 Å². The second kappa shape index (κ2) is 13.7. The number of carbonyl (C=O) groups excluding carboxylic acids is 1. The Balaban J connectivity index is 1.10. The molecule has 4 heterocycles. The predicted molar refractivity (Wildman–Crippen MR) is 177 cm³/mol. The van der Waals surface area contributed by atoms with Crippen LogP contribution in [0.15, 0.2) is 50.1 Å². The van der Waals surface area contributed by atoms with Crippen LogP contribution in [0, 0.1) is 0 Å². The highest BCUT2D eigenvalue weighted by atomic mass is 79.9. The third-order valence-corrected chi connectivity index (χ3v) is 10.8. The molecule has 6 rings (SSSR count). The summed E-state index contributed by atoms with van der Waals surface area (Å²) in [6.45, 7) is 6.55. The van der Waals surface area contributed by atoms with Crippen molar-refractivity contribution in [1.29, 1.82) is 0 Å². The van der Waals surface area contributed by atoms with Gasteiger partial charge in [-0.3, -0.25) is 4.57 Å². The summed E-state index contributed by atoms with van der Waals surface area (Å²) in [5.41, 5.74) is 2.73. The number of nitrogens with one attached hydrogen (secondary N) is 2. The zero-order valence-electron chi connectivity index (χ0n) is 24.6. The highest BCUT2D eigenvalue weighted by Crippen LogP contribution is 2.34. The molecule has 3 aromatic rings. The largest absolute Gasteiger partial charge is 0.506 e. The summed E-state index contributed by atoms with van der Waals surface area (Å²) in [5, 5.41) is 13.6. The third-order valence-electron chi connectivity index (χ3n) is 9.57. The van der Waals surface area contributed by atoms with Crippen LogP contribution in [0.4, 0.5) is 4.79 Å². The maximum Gasteiger partial charge on any atom is 0.326 e. The molecule has 3 aliphatic heterocycles. The van der Waals surface area contributed by atoms with Crippen molar-refractivity contribution in [2.24, 2.45) is 0 Å². The number of carbonyl (C=O) groups is 1. The fraction of sp³-hybridized carbons (Fsp3) is 0.562. The van der Waals surface area contributed by atoms with Crippen LogP contribution in [0.1, 0.15) is 56.6 Å². The summed E-state index contributed by atoms with van der Waals surface area (Å²) < 4.78 is 3.14. The number of aromatic hydroxyl groups is 1. The van der Waals surface area contributed by atoms with Gasteiger partial charge in [-0.15, -0.1) is 0 Å². The lowest BCUT2D eigenvalue weighted by atomic mass is 9.98. The average molecular weight is 719 g/mol. The molecule has 1 aromatic heterocycles. The maximum atomic E-state index is 13.6. The van der Waals surface area contributed by atoms with Gasteiger partial charge in [-0.25, -0.2) is 9.59 Å². The van der Waals surface area contributed by atoms with E-state index in [-0.39, 0.29) is 29.6 Å². The molecule has 3 saturated heterocycles. The standard InChI is InChI=1S/C32H42Br2N6O3/c33-26-19-22(20-27(34)30(26)41)18-23(21-37-14-8-24(9-15-37)38-12-4-1-5-13-38)35-31(42)39-16-10-25(11-17-39)40-29-7-3-2-6-28(29)36-32(40)43/h2-3,6-7,19-20,23-25,41H,1,4-5,8-18,21H2,(H,35,42)(H,36,43)/t23-/m1/s1. The molecule has 0 radical (unpaired) electrons. The molecule has 3 N–H and O–H groups in total. The molecule has 0 saturated carbocycles. The maximum absolute atomic E-state index is 13.6. The van der Waals surface area contributed by atoms with Crippen molar-refractivity contribution in [2.75, 3.05) is 45.8 Å². The minimum Gasteiger partial charge on any atom is -0.506 e. The van der Waals surface area contributed by atoms with Gasteiger partial charge in [-0.1, -0.05) is 18.6 Å². The van der Waals surface area contributed by atoms with Crippen LogP contribution in [0.2, 0.25) is 0 Å². The van der Waals surface area contributed by atoms with Crippen LogP contribution in [0.5, 0.6) is 5.75 Å². The Morgan fingerprint density at radius 3 is 2.28 bits per heavy atom. The van der Waals surface area contributed by atoms with Crippen LogP contribution in [0.3, 0.4) is 0 Å². The van der Waals surface area contributed by atoms with Gasteiger partial charge in [0.25, 0.3) is 0 Å². The first kappa shape index (κ1) is 30.7. The van der Waals surface area contributed by atoms with Crippen LogP contribution < -0.4 is 11.0 Å². The number of piperidine rings is 3. The SMILES string of the molecule is O=C(N[C@H](Cc1cc(Br)c(O)c(Br)c1)CN1CCC(N2CCCCC2)CC1)N1CCC(n2c(=O)[nH]c3ccccc32)CC1. The molecule has 3 aliphatic rings. The van der Waals surface area contributed by atoms with E-state index in [0.29, 0.717) is 34.5 Å². The van der Waals surface area contributed by atoms with Crippen molar-refractivity contribution in [3.05, 3.63) is 61.4 Å². The summed E-state index contributed by atoms with van der Waals surface area (Å²) in [6.07, 6.45) is 8.50. The van der Waals surface area contributed by atoms with Crippen LogP contribution in [0.25, 0.3) is 11.0 Å². The average Bonchev–Trinajstić information content (AvgIpc) is 3.36. The summed E-state index contributed by atoms with van der Waals surface area (Å²) in [5.74, 6) is 0.182. The number of urea groups is 1. The third kappa shape index (κ3) is 7.16. The minimum atomic E-state index is -0.0838. The Hall–Kier alpha value is -2.34. The van der Waals surface area contributed by atoms with E-state index in [1.54, 1.807) is 0 Å². The molecule has 2 aromatic carbocycles. The van der Waals surface area contributed by atoms with Gasteiger partial charge < -0.3 is 30.1 Å². The van der Waals surface area contributed by atoms with Gasteiger partial charge >= 0.3 is 11.7 Å². The first-order valence-electron chi connectivity index (χ1n) is 15.7. The lowest BCUT2D eigenvalue weighted by Gasteiger charge is -2.41. The number of halogens is 2. The molecule has 0 aliphatic carbocycles. The van der Waals surface area contributed by atoms with E-state index in [1.165, 1.54) is 45.2 Å². The van der Waals surface area contributed by atoms with Crippen LogP contribution in [-0.2, 0) is 6.42 Å². The van der Waals surface area contributed by atoms with Crippen molar-refractivity contribution < 1.29 is 9.90 Å². The van der Waals surface area contributed by atoms with E-state index in [0.717, 1.165) is 49.1 Å². The zero-order valence-corrected chi connectivity index (χ0v) is 27.8. The lowest BCUT2D eigenvalue weighted by molar-refractivity contribution is 0.0876. The van der Waals surface area contributed by atoms with Gasteiger partial charge in [0, 0.05) is 37.8 Å². The molecular weight excluding hydrogens is 676 g/mol. The number of para-hydroxylation sites is 2. The number of hydrogen-bond donors (Lipinski definition) is 3. The van der Waals surface area contributed by atoms with Crippen molar-refractivity contribution in [3.8, 4) is 5.75 Å². The molecule has 0 bridgehead atoms. The van der Waals surface area contributed by atoms with Crippen LogP contribution in [-0.4, -0.2) is 93.3 Å². The number of phenols is 1. The molecule has 43 heavy (non-hydrogen) atoms. The lowest BCUT2D eigenvalue weighted by Crippen LogP contribution is -2.54. The summed E-state index contributed by atoms with van der Waals surface area (Å²) >= 11 is 6.94. The Morgan fingerprint density at radius 2 is 1.58 bits per heavy atom. The van der Waals surface area contributed by atoms with E-state index in [2.05, 4.69) is 52.0 Å². The highest BCUT2D eigenvalue weighted by Gasteiger charge is 2.30. The predicted octanol–water partition coefficient (Wildman–Crippen LogP) is 5.47. The van der Waals surface area contributed by atoms with Gasteiger partial charge in [0.2, 0.25) is 0 Å². The molecule has 0 spiro atoms. The number of aromatic amines is 1. The van der Waals surface area contributed by atoms with Gasteiger partial charge in [-0.2, -0.15) is 0 Å². The van der Waals surface area contributed by atoms with Crippen molar-refractivity contribution in [2.45, 2.75) is 69.5 Å². The van der Waals surface area contributed by atoms with E-state index < -0.39 is 0 Å². The van der Waals surface area contributed by atoms with E-state index >= 15 is 0 Å². The number of rotatable bonds is 7. The number of likely N-dealkylation sites (tertiary alicyclic amines) is 3. The second-order valence-corrected chi connectivity index (χ2v) is 14.1. The molecule has 232 valence electrons. The normalized spacial score (nSPS) is 20.5. The number of fused-ring (bicyclic) bond motifs is 1. The van der Waals surface area contributed by atoms with E-state index in [4.69, 9.17) is 0 Å². The van der Waals surface area contributed by atoms with Gasteiger partial charge in [0.05, 0.1) is 20.0 Å². The molecule has 9 nitrogen and oxygen atoms in total. The molecule has 3 fully saturated rings. The fourth-order valence-electron chi connectivity index (χ4n) is 7.27. The van der Waals surface area contributed by atoms with Gasteiger partial charge in [0.1, 0.15) is 5.75 Å². The molecular formula is C32H42Br2N6O3. The summed E-state index contributed by atoms with van der Waals surface area (Å²) in [4.78, 5) is 36.4. The highest BCUT2D eigenvalue weighted by molar-refractivity contribution is 9.11. The first-order chi connectivity index (χ1) is 20.9. The Kier molecular flexibility index (Phi) is 9.81. The summed E-state index contributed by atoms with van der Waals surface area (Å²) in [6, 6.07) is 12.3. The number of H-pyrrole nitrogens is 1. The Morgan fingerprint density at radius 1 is 0.930 bits per heavy atom. The minimum absolute atomic E-state index is 0.0464. The smallest absolute Gasteiger partial charge is 0.326 e. The number of imidazole rings is 1. The number of hydrogen-bond acceptors (Lipinski definition) is 5. The summed E-state index contributed by atoms with van der Waals surface area (Å²) in [7, 11) is 0. The first-order valence-corrected chi connectivity index (χ1v) is 17.3. The molecule has 1 atom stereocenters. The number of benzene rings is 2. The molecule has 0 unspecified atom stereocenters. The van der Waals surface area contributed by atoms with Crippen LogP contribution >= 0.6 is 31.9 Å². The van der Waals surface area contributed by atoms with Crippen molar-refractivity contribution >= 4 is 48.9 Å². The topological polar surface area (TPSA) is 96.8 Å². The number of phenolic OH excluding ortho intramolecular Hbond substituents is 1. The monoisotopic (exact) mass is 716 g/mol. The molecule has 11 heteroatoms. The zero-order chi connectivity index (χ0) is 29.9. The van der Waals surface area contributed by atoms with E-state index in [9.17, 15) is 14.7 Å².